The monoisotopic (exact) mass is 290 g/mol. The van der Waals surface area contributed by atoms with Crippen LogP contribution in [0.5, 0.6) is 0 Å². The molecule has 3 N–H and O–H groups in total. The van der Waals surface area contributed by atoms with Crippen LogP contribution in [0.25, 0.3) is 10.9 Å². The number of hydrogen-bond acceptors (Lipinski definition) is 5. The van der Waals surface area contributed by atoms with Crippen LogP contribution in [-0.2, 0) is 16.0 Å². The Hall–Kier alpha value is -2.34. The van der Waals surface area contributed by atoms with Crippen molar-refractivity contribution in [3.8, 4) is 0 Å². The highest BCUT2D eigenvalue weighted by Crippen LogP contribution is 2.24. The van der Waals surface area contributed by atoms with Gasteiger partial charge in [0.15, 0.2) is 0 Å². The predicted molar refractivity (Wildman–Crippen MR) is 78.1 cm³/mol. The molecule has 6 nitrogen and oxygen atoms in total. The highest BCUT2D eigenvalue weighted by molar-refractivity contribution is 6.01. The Labute approximate surface area is 122 Å². The Bertz CT molecular complexity index is 676. The van der Waals surface area contributed by atoms with E-state index in [1.165, 1.54) is 0 Å². The van der Waals surface area contributed by atoms with E-state index in [4.69, 9.17) is 15.2 Å². The summed E-state index contributed by atoms with van der Waals surface area (Å²) in [6.07, 6.45) is 0. The fourth-order valence-corrected chi connectivity index (χ4v) is 2.18. The van der Waals surface area contributed by atoms with E-state index in [0.717, 1.165) is 10.9 Å². The third-order valence-electron chi connectivity index (χ3n) is 3.10. The van der Waals surface area contributed by atoms with Gasteiger partial charge in [-0.2, -0.15) is 0 Å². The number of hydrogen-bond donors (Lipinski definition) is 2. The van der Waals surface area contributed by atoms with E-state index in [9.17, 15) is 9.59 Å². The maximum Gasteiger partial charge on any atom is 0.355 e. The number of aromatic amines is 1. The SMILES string of the molecule is CCOC(=O)c1ccc2[nH]c(C(=O)OCC)c(CN)c2c1. The highest BCUT2D eigenvalue weighted by Gasteiger charge is 2.19. The average molecular weight is 290 g/mol. The minimum absolute atomic E-state index is 0.167. The first-order chi connectivity index (χ1) is 10.1. The zero-order valence-corrected chi connectivity index (χ0v) is 12.1. The maximum absolute atomic E-state index is 11.9. The molecule has 0 fully saturated rings. The van der Waals surface area contributed by atoms with Crippen LogP contribution in [0.2, 0.25) is 0 Å². The summed E-state index contributed by atoms with van der Waals surface area (Å²) in [5, 5.41) is 0.728. The Morgan fingerprint density at radius 3 is 2.43 bits per heavy atom. The van der Waals surface area contributed by atoms with E-state index in [-0.39, 0.29) is 13.2 Å². The smallest absolute Gasteiger partial charge is 0.355 e. The number of nitrogens with one attached hydrogen (secondary N) is 1. The molecule has 112 valence electrons. The molecule has 2 aromatic rings. The molecule has 2 rings (SSSR count). The summed E-state index contributed by atoms with van der Waals surface area (Å²) in [5.74, 6) is -0.854. The van der Waals surface area contributed by atoms with Crippen LogP contribution in [0.15, 0.2) is 18.2 Å². The van der Waals surface area contributed by atoms with Gasteiger partial charge in [0.05, 0.1) is 18.8 Å². The first-order valence-electron chi connectivity index (χ1n) is 6.81. The van der Waals surface area contributed by atoms with Gasteiger partial charge in [0.25, 0.3) is 0 Å². The van der Waals surface area contributed by atoms with Crippen molar-refractivity contribution in [1.82, 2.24) is 4.98 Å². The number of benzene rings is 1. The number of rotatable bonds is 5. The van der Waals surface area contributed by atoms with Crippen LogP contribution in [0.1, 0.15) is 40.3 Å². The number of carbonyl (C=O) groups excluding carboxylic acids is 2. The lowest BCUT2D eigenvalue weighted by molar-refractivity contribution is 0.0513. The molecule has 0 atom stereocenters. The van der Waals surface area contributed by atoms with Gasteiger partial charge in [0.2, 0.25) is 0 Å². The first kappa shape index (κ1) is 15.1. The molecule has 0 unspecified atom stereocenters. The number of carbonyl (C=O) groups is 2. The fraction of sp³-hybridized carbons (Fsp3) is 0.333. The zero-order chi connectivity index (χ0) is 15.4. The summed E-state index contributed by atoms with van der Waals surface area (Å²) in [6.45, 7) is 4.24. The third-order valence-corrected chi connectivity index (χ3v) is 3.10. The Balaban J connectivity index is 2.51. The van der Waals surface area contributed by atoms with Gasteiger partial charge in [-0.15, -0.1) is 0 Å². The van der Waals surface area contributed by atoms with Gasteiger partial charge in [-0.1, -0.05) is 0 Å². The Morgan fingerprint density at radius 1 is 1.14 bits per heavy atom. The zero-order valence-electron chi connectivity index (χ0n) is 12.1. The number of ether oxygens (including phenoxy) is 2. The number of fused-ring (bicyclic) bond motifs is 1. The van der Waals surface area contributed by atoms with E-state index in [0.29, 0.717) is 23.4 Å². The van der Waals surface area contributed by atoms with Gasteiger partial charge >= 0.3 is 11.9 Å². The number of esters is 2. The van der Waals surface area contributed by atoms with Crippen molar-refractivity contribution in [3.05, 3.63) is 35.0 Å². The second-order valence-electron chi connectivity index (χ2n) is 4.38. The topological polar surface area (TPSA) is 94.4 Å². The van der Waals surface area contributed by atoms with Crippen molar-refractivity contribution >= 4 is 22.8 Å². The van der Waals surface area contributed by atoms with Gasteiger partial charge < -0.3 is 20.2 Å². The minimum atomic E-state index is -0.452. The molecule has 0 aliphatic carbocycles. The summed E-state index contributed by atoms with van der Waals surface area (Å²) >= 11 is 0. The molecular formula is C15H18N2O4. The van der Waals surface area contributed by atoms with E-state index in [1.54, 1.807) is 32.0 Å². The molecule has 0 saturated heterocycles. The average Bonchev–Trinajstić information content (AvgIpc) is 2.85. The van der Waals surface area contributed by atoms with Gasteiger partial charge in [-0.05, 0) is 32.0 Å². The molecule has 0 radical (unpaired) electrons. The van der Waals surface area contributed by atoms with Crippen LogP contribution in [0.3, 0.4) is 0 Å². The van der Waals surface area contributed by atoms with Gasteiger partial charge in [0.1, 0.15) is 5.69 Å². The van der Waals surface area contributed by atoms with Crippen LogP contribution in [0, 0.1) is 0 Å². The second-order valence-corrected chi connectivity index (χ2v) is 4.38. The molecule has 0 aliphatic heterocycles. The van der Waals surface area contributed by atoms with Crippen LogP contribution < -0.4 is 5.73 Å². The molecule has 0 amide bonds. The normalized spacial score (nSPS) is 10.6. The summed E-state index contributed by atoms with van der Waals surface area (Å²) < 4.78 is 9.97. The summed E-state index contributed by atoms with van der Waals surface area (Å²) in [6, 6.07) is 5.05. The molecule has 21 heavy (non-hydrogen) atoms. The lowest BCUT2D eigenvalue weighted by Crippen LogP contribution is -2.10. The van der Waals surface area contributed by atoms with Crippen molar-refractivity contribution < 1.29 is 19.1 Å². The molecule has 0 spiro atoms. The quantitative estimate of drug-likeness (QED) is 0.821. The molecule has 1 aromatic carbocycles. The lowest BCUT2D eigenvalue weighted by atomic mass is 10.1. The number of nitrogens with two attached hydrogens (primary N) is 1. The first-order valence-corrected chi connectivity index (χ1v) is 6.81. The van der Waals surface area contributed by atoms with Gasteiger partial charge in [-0.3, -0.25) is 0 Å². The van der Waals surface area contributed by atoms with Crippen molar-refractivity contribution in [2.24, 2.45) is 5.73 Å². The molecular weight excluding hydrogens is 272 g/mol. The van der Waals surface area contributed by atoms with Crippen LogP contribution in [-0.4, -0.2) is 30.1 Å². The Kier molecular flexibility index (Phi) is 4.59. The minimum Gasteiger partial charge on any atom is -0.462 e. The largest absolute Gasteiger partial charge is 0.462 e. The molecule has 0 aliphatic rings. The summed E-state index contributed by atoms with van der Waals surface area (Å²) in [7, 11) is 0. The molecule has 6 heteroatoms. The van der Waals surface area contributed by atoms with Crippen LogP contribution in [0.4, 0.5) is 0 Å². The highest BCUT2D eigenvalue weighted by atomic mass is 16.5. The molecule has 1 aromatic heterocycles. The third kappa shape index (κ3) is 2.90. The predicted octanol–water partition coefficient (Wildman–Crippen LogP) is 1.98. The van der Waals surface area contributed by atoms with E-state index in [1.807, 2.05) is 0 Å². The molecule has 0 saturated carbocycles. The fourth-order valence-electron chi connectivity index (χ4n) is 2.18. The van der Waals surface area contributed by atoms with E-state index in [2.05, 4.69) is 4.98 Å². The second kappa shape index (κ2) is 6.41. The molecule has 0 bridgehead atoms. The summed E-state index contributed by atoms with van der Waals surface area (Å²) in [5.41, 5.74) is 7.85. The Morgan fingerprint density at radius 2 is 1.81 bits per heavy atom. The van der Waals surface area contributed by atoms with Crippen LogP contribution >= 0.6 is 0 Å². The number of H-pyrrole nitrogens is 1. The lowest BCUT2D eigenvalue weighted by Gasteiger charge is -2.03. The van der Waals surface area contributed by atoms with Crippen molar-refractivity contribution in [3.63, 3.8) is 0 Å². The van der Waals surface area contributed by atoms with Crippen molar-refractivity contribution in [1.29, 1.82) is 0 Å². The molecule has 1 heterocycles. The number of aromatic nitrogens is 1. The standard InChI is InChI=1S/C15H18N2O4/c1-3-20-14(18)9-5-6-12-10(7-9)11(8-16)13(17-12)15(19)21-4-2/h5-7,17H,3-4,8,16H2,1-2H3. The van der Waals surface area contributed by atoms with Gasteiger partial charge in [-0.25, -0.2) is 9.59 Å². The maximum atomic E-state index is 11.9. The van der Waals surface area contributed by atoms with E-state index < -0.39 is 11.9 Å². The van der Waals surface area contributed by atoms with Crippen molar-refractivity contribution in [2.45, 2.75) is 20.4 Å². The van der Waals surface area contributed by atoms with E-state index >= 15 is 0 Å². The van der Waals surface area contributed by atoms with Gasteiger partial charge in [0, 0.05) is 23.0 Å². The summed E-state index contributed by atoms with van der Waals surface area (Å²) in [4.78, 5) is 26.7. The van der Waals surface area contributed by atoms with Crippen molar-refractivity contribution in [2.75, 3.05) is 13.2 Å².